The third kappa shape index (κ3) is 8.66. The molecule has 0 aromatic heterocycles. The van der Waals surface area contributed by atoms with Gasteiger partial charge >= 0.3 is 0 Å². The van der Waals surface area contributed by atoms with E-state index in [0.29, 0.717) is 6.10 Å². The van der Waals surface area contributed by atoms with Crippen molar-refractivity contribution in [3.63, 3.8) is 0 Å². The third-order valence-electron chi connectivity index (χ3n) is 5.76. The van der Waals surface area contributed by atoms with Crippen molar-refractivity contribution in [1.29, 1.82) is 0 Å². The lowest BCUT2D eigenvalue weighted by atomic mass is 9.92. The first-order chi connectivity index (χ1) is 13.6. The van der Waals surface area contributed by atoms with E-state index in [2.05, 4.69) is 35.9 Å². The van der Waals surface area contributed by atoms with Crippen LogP contribution in [0, 0.1) is 11.8 Å². The van der Waals surface area contributed by atoms with Gasteiger partial charge in [-0.3, -0.25) is 4.99 Å². The predicted octanol–water partition coefficient (Wildman–Crippen LogP) is 2.84. The molecule has 2 aliphatic rings. The van der Waals surface area contributed by atoms with E-state index in [4.69, 9.17) is 14.5 Å². The summed E-state index contributed by atoms with van der Waals surface area (Å²) in [7, 11) is 1.74. The zero-order valence-corrected chi connectivity index (χ0v) is 18.8. The van der Waals surface area contributed by atoms with Gasteiger partial charge in [-0.05, 0) is 57.4 Å². The second-order valence-corrected chi connectivity index (χ2v) is 8.70. The minimum atomic E-state index is 0.388. The van der Waals surface area contributed by atoms with Crippen LogP contribution in [0.5, 0.6) is 0 Å². The number of methoxy groups -OCH3 is 1. The first-order valence-electron chi connectivity index (χ1n) is 11.5. The molecule has 0 radical (unpaired) electrons. The molecule has 0 aromatic rings. The number of piperidine rings is 2. The van der Waals surface area contributed by atoms with Gasteiger partial charge in [0, 0.05) is 59.6 Å². The molecule has 0 bridgehead atoms. The van der Waals surface area contributed by atoms with Gasteiger partial charge in [-0.1, -0.05) is 13.8 Å². The molecule has 0 saturated carbocycles. The normalized spacial score (nSPS) is 25.3. The highest BCUT2D eigenvalue weighted by molar-refractivity contribution is 5.80. The minimum absolute atomic E-state index is 0.388. The average molecular weight is 397 g/mol. The quantitative estimate of drug-likeness (QED) is 0.350. The molecule has 0 aromatic carbocycles. The molecule has 28 heavy (non-hydrogen) atoms. The van der Waals surface area contributed by atoms with Crippen molar-refractivity contribution in [2.24, 2.45) is 16.8 Å². The maximum absolute atomic E-state index is 5.98. The van der Waals surface area contributed by atoms with Crippen LogP contribution in [-0.4, -0.2) is 88.0 Å². The van der Waals surface area contributed by atoms with Crippen molar-refractivity contribution in [3.8, 4) is 0 Å². The van der Waals surface area contributed by atoms with Gasteiger partial charge in [0.2, 0.25) is 0 Å². The fourth-order valence-corrected chi connectivity index (χ4v) is 4.57. The molecule has 2 unspecified atom stereocenters. The maximum Gasteiger partial charge on any atom is 0.193 e. The molecule has 6 heteroatoms. The monoisotopic (exact) mass is 396 g/mol. The van der Waals surface area contributed by atoms with Gasteiger partial charge in [-0.25, -0.2) is 0 Å². The Kier molecular flexibility index (Phi) is 11.2. The summed E-state index contributed by atoms with van der Waals surface area (Å²) in [5.41, 5.74) is 0. The molecular formula is C22H44N4O2. The average Bonchev–Trinajstić information content (AvgIpc) is 2.67. The number of rotatable bonds is 10. The molecule has 2 atom stereocenters. The van der Waals surface area contributed by atoms with Crippen LogP contribution in [0.25, 0.3) is 0 Å². The Hall–Kier alpha value is -0.850. The summed E-state index contributed by atoms with van der Waals surface area (Å²) in [6, 6.07) is 0. The summed E-state index contributed by atoms with van der Waals surface area (Å²) in [5.74, 6) is 2.76. The largest absolute Gasteiger partial charge is 0.385 e. The molecule has 2 aliphatic heterocycles. The lowest BCUT2D eigenvalue weighted by molar-refractivity contribution is 0.00990. The summed E-state index contributed by atoms with van der Waals surface area (Å²) in [6.45, 7) is 16.1. The van der Waals surface area contributed by atoms with Gasteiger partial charge < -0.3 is 24.6 Å². The Morgan fingerprint density at radius 2 is 1.79 bits per heavy atom. The van der Waals surface area contributed by atoms with Crippen LogP contribution < -0.4 is 5.32 Å². The zero-order valence-electron chi connectivity index (χ0n) is 18.8. The number of guanidine groups is 1. The second-order valence-electron chi connectivity index (χ2n) is 8.70. The van der Waals surface area contributed by atoms with Crippen molar-refractivity contribution >= 4 is 5.96 Å². The Balaban J connectivity index is 1.69. The molecule has 2 rings (SSSR count). The number of hydrogen-bond donors (Lipinski definition) is 1. The number of likely N-dealkylation sites (tertiary alicyclic amines) is 2. The molecule has 0 spiro atoms. The fraction of sp³-hybridized carbons (Fsp3) is 0.955. The Bertz CT molecular complexity index is 428. The highest BCUT2D eigenvalue weighted by Crippen LogP contribution is 2.20. The van der Waals surface area contributed by atoms with Crippen molar-refractivity contribution in [3.05, 3.63) is 0 Å². The van der Waals surface area contributed by atoms with Gasteiger partial charge in [-0.15, -0.1) is 0 Å². The lowest BCUT2D eigenvalue weighted by Gasteiger charge is -2.35. The minimum Gasteiger partial charge on any atom is -0.385 e. The summed E-state index contributed by atoms with van der Waals surface area (Å²) >= 11 is 0. The molecule has 0 aliphatic carbocycles. The van der Waals surface area contributed by atoms with Gasteiger partial charge in [-0.2, -0.15) is 0 Å². The van der Waals surface area contributed by atoms with Crippen molar-refractivity contribution in [1.82, 2.24) is 15.1 Å². The molecule has 2 fully saturated rings. The Morgan fingerprint density at radius 1 is 1.07 bits per heavy atom. The van der Waals surface area contributed by atoms with E-state index in [1.54, 1.807) is 7.11 Å². The Labute approximate surface area is 173 Å². The molecular weight excluding hydrogens is 352 g/mol. The first kappa shape index (κ1) is 23.4. The standard InChI is InChI=1S/C22H44N4O2/c1-5-23-22(24-10-6-11-25-17-19(2)16-20(3)18-25)26-12-8-21(9-13-26)28-15-7-14-27-4/h19-21H,5-18H2,1-4H3,(H,23,24). The fourth-order valence-electron chi connectivity index (χ4n) is 4.57. The topological polar surface area (TPSA) is 49.3 Å². The first-order valence-corrected chi connectivity index (χ1v) is 11.5. The highest BCUT2D eigenvalue weighted by Gasteiger charge is 2.23. The third-order valence-corrected chi connectivity index (χ3v) is 5.76. The van der Waals surface area contributed by atoms with Crippen molar-refractivity contribution in [2.75, 3.05) is 66.1 Å². The van der Waals surface area contributed by atoms with E-state index in [9.17, 15) is 0 Å². The van der Waals surface area contributed by atoms with Gasteiger partial charge in [0.05, 0.1) is 6.10 Å². The highest BCUT2D eigenvalue weighted by atomic mass is 16.5. The van der Waals surface area contributed by atoms with Crippen LogP contribution in [0.3, 0.4) is 0 Å². The maximum atomic E-state index is 5.98. The molecule has 1 N–H and O–H groups in total. The molecule has 2 saturated heterocycles. The van der Waals surface area contributed by atoms with Gasteiger partial charge in [0.1, 0.15) is 0 Å². The summed E-state index contributed by atoms with van der Waals surface area (Å²) < 4.78 is 11.1. The SMILES string of the molecule is CCNC(=NCCCN1CC(C)CC(C)C1)N1CCC(OCCCOC)CC1. The number of ether oxygens (including phenoxy) is 2. The molecule has 164 valence electrons. The summed E-state index contributed by atoms with van der Waals surface area (Å²) in [5, 5.41) is 3.48. The molecule has 0 amide bonds. The van der Waals surface area contributed by atoms with Crippen LogP contribution in [0.1, 0.15) is 52.9 Å². The number of aliphatic imine (C=N–C) groups is 1. The summed E-state index contributed by atoms with van der Waals surface area (Å²) in [4.78, 5) is 9.96. The number of nitrogens with one attached hydrogen (secondary N) is 1. The summed E-state index contributed by atoms with van der Waals surface area (Å²) in [6.07, 6.45) is 6.06. The lowest BCUT2D eigenvalue weighted by Crippen LogP contribution is -2.47. The van der Waals surface area contributed by atoms with Crippen LogP contribution in [0.2, 0.25) is 0 Å². The van der Waals surface area contributed by atoms with E-state index in [1.807, 2.05) is 0 Å². The van der Waals surface area contributed by atoms with E-state index in [0.717, 1.165) is 82.9 Å². The molecule has 2 heterocycles. The van der Waals surface area contributed by atoms with Gasteiger partial charge in [0.25, 0.3) is 0 Å². The van der Waals surface area contributed by atoms with Crippen LogP contribution in [0.4, 0.5) is 0 Å². The number of nitrogens with zero attached hydrogens (tertiary/aromatic N) is 3. The smallest absolute Gasteiger partial charge is 0.193 e. The van der Waals surface area contributed by atoms with Crippen molar-refractivity contribution in [2.45, 2.75) is 59.0 Å². The van der Waals surface area contributed by atoms with Crippen LogP contribution in [-0.2, 0) is 9.47 Å². The predicted molar refractivity (Wildman–Crippen MR) is 117 cm³/mol. The van der Waals surface area contributed by atoms with E-state index in [-0.39, 0.29) is 0 Å². The van der Waals surface area contributed by atoms with Crippen molar-refractivity contribution < 1.29 is 9.47 Å². The van der Waals surface area contributed by atoms with Crippen LogP contribution >= 0.6 is 0 Å². The molecule has 6 nitrogen and oxygen atoms in total. The zero-order chi connectivity index (χ0) is 20.2. The van der Waals surface area contributed by atoms with Gasteiger partial charge in [0.15, 0.2) is 5.96 Å². The van der Waals surface area contributed by atoms with E-state index >= 15 is 0 Å². The second kappa shape index (κ2) is 13.4. The Morgan fingerprint density at radius 3 is 2.43 bits per heavy atom. The van der Waals surface area contributed by atoms with Crippen LogP contribution in [0.15, 0.2) is 4.99 Å². The number of hydrogen-bond acceptors (Lipinski definition) is 4. The van der Waals surface area contributed by atoms with E-state index in [1.165, 1.54) is 26.1 Å². The van der Waals surface area contributed by atoms with E-state index < -0.39 is 0 Å².